The maximum atomic E-state index is 5.87. The lowest BCUT2D eigenvalue weighted by Gasteiger charge is -2.08. The molecule has 5 nitrogen and oxygen atoms in total. The molecule has 0 bridgehead atoms. The minimum atomic E-state index is -0.0218. The molecule has 5 heteroatoms. The van der Waals surface area contributed by atoms with Crippen LogP contribution < -0.4 is 15.2 Å². The molecule has 0 aromatic heterocycles. The van der Waals surface area contributed by atoms with Crippen LogP contribution in [0.15, 0.2) is 18.2 Å². The fraction of sp³-hybridized carbons (Fsp3) is 0.538. The Labute approximate surface area is 107 Å². The Hall–Kier alpha value is -1.30. The number of rotatable bonds is 7. The molecule has 0 saturated heterocycles. The van der Waals surface area contributed by atoms with Gasteiger partial charge in [0.2, 0.25) is 0 Å². The quantitative estimate of drug-likeness (QED) is 0.738. The topological polar surface area (TPSA) is 62.9 Å². The number of benzene rings is 1. The van der Waals surface area contributed by atoms with E-state index in [2.05, 4.69) is 0 Å². The van der Waals surface area contributed by atoms with Gasteiger partial charge in [-0.25, -0.2) is 0 Å². The van der Waals surface area contributed by atoms with E-state index in [-0.39, 0.29) is 6.04 Å². The summed E-state index contributed by atoms with van der Waals surface area (Å²) in [5.41, 5.74) is 6.91. The van der Waals surface area contributed by atoms with E-state index in [0.717, 1.165) is 17.1 Å². The molecule has 0 radical (unpaired) electrons. The highest BCUT2D eigenvalue weighted by Gasteiger charge is 2.20. The monoisotopic (exact) mass is 253 g/mol. The first kappa shape index (κ1) is 13.1. The number of methoxy groups -OCH3 is 1. The Morgan fingerprint density at radius 3 is 2.94 bits per heavy atom. The van der Waals surface area contributed by atoms with Gasteiger partial charge in [0.25, 0.3) is 0 Å². The fourth-order valence-corrected chi connectivity index (χ4v) is 1.77. The first-order chi connectivity index (χ1) is 8.81. The molecule has 1 aliphatic rings. The molecule has 0 aliphatic carbocycles. The van der Waals surface area contributed by atoms with Crippen molar-refractivity contribution in [1.82, 2.24) is 0 Å². The molecule has 0 fully saturated rings. The highest BCUT2D eigenvalue weighted by molar-refractivity contribution is 5.44. The second kappa shape index (κ2) is 6.58. The summed E-state index contributed by atoms with van der Waals surface area (Å²) in [6, 6.07) is 5.71. The van der Waals surface area contributed by atoms with E-state index in [1.165, 1.54) is 0 Å². The Morgan fingerprint density at radius 1 is 1.28 bits per heavy atom. The molecule has 18 heavy (non-hydrogen) atoms. The zero-order chi connectivity index (χ0) is 12.8. The van der Waals surface area contributed by atoms with Crippen LogP contribution in [0.4, 0.5) is 0 Å². The van der Waals surface area contributed by atoms with Crippen LogP contribution in [0.2, 0.25) is 0 Å². The van der Waals surface area contributed by atoms with Crippen LogP contribution in [-0.2, 0) is 9.47 Å². The summed E-state index contributed by atoms with van der Waals surface area (Å²) in [5.74, 6) is 1.60. The smallest absolute Gasteiger partial charge is 0.127 e. The average molecular weight is 253 g/mol. The molecule has 0 amide bonds. The van der Waals surface area contributed by atoms with Gasteiger partial charge in [0.05, 0.1) is 25.9 Å². The van der Waals surface area contributed by atoms with Crippen LogP contribution in [0.3, 0.4) is 0 Å². The van der Waals surface area contributed by atoms with Gasteiger partial charge in [-0.3, -0.25) is 0 Å². The minimum absolute atomic E-state index is 0.0218. The van der Waals surface area contributed by atoms with E-state index in [1.54, 1.807) is 7.11 Å². The molecule has 2 rings (SSSR count). The molecule has 1 atom stereocenters. The van der Waals surface area contributed by atoms with Crippen LogP contribution in [0.25, 0.3) is 0 Å². The fourth-order valence-electron chi connectivity index (χ4n) is 1.77. The van der Waals surface area contributed by atoms with Crippen LogP contribution >= 0.6 is 0 Å². The van der Waals surface area contributed by atoms with Crippen molar-refractivity contribution in [2.45, 2.75) is 6.04 Å². The van der Waals surface area contributed by atoms with Gasteiger partial charge in [-0.1, -0.05) is 0 Å². The highest BCUT2D eigenvalue weighted by Crippen LogP contribution is 2.33. The Balaban J connectivity index is 1.74. The van der Waals surface area contributed by atoms with E-state index < -0.39 is 0 Å². The van der Waals surface area contributed by atoms with Crippen molar-refractivity contribution >= 4 is 0 Å². The predicted octanol–water partition coefficient (Wildman–Crippen LogP) is 1.12. The standard InChI is InChI=1S/C13H19NO4/c1-15-4-5-16-6-7-17-10-2-3-11-12(14)9-18-13(11)8-10/h2-3,8,12H,4-7,9,14H2,1H3. The van der Waals surface area contributed by atoms with Gasteiger partial charge >= 0.3 is 0 Å². The van der Waals surface area contributed by atoms with Gasteiger partial charge in [0.1, 0.15) is 24.7 Å². The summed E-state index contributed by atoms with van der Waals surface area (Å²) in [7, 11) is 1.65. The Morgan fingerprint density at radius 2 is 2.11 bits per heavy atom. The SMILES string of the molecule is COCCOCCOc1ccc2c(c1)OCC2N. The van der Waals surface area contributed by atoms with E-state index in [1.807, 2.05) is 18.2 Å². The summed E-state index contributed by atoms with van der Waals surface area (Å²) in [6.45, 7) is 2.78. The van der Waals surface area contributed by atoms with Crippen molar-refractivity contribution in [2.24, 2.45) is 5.73 Å². The van der Waals surface area contributed by atoms with Gasteiger partial charge in [-0.05, 0) is 12.1 Å². The number of fused-ring (bicyclic) bond motifs is 1. The van der Waals surface area contributed by atoms with Crippen molar-refractivity contribution in [3.05, 3.63) is 23.8 Å². The van der Waals surface area contributed by atoms with Gasteiger partial charge in [-0.2, -0.15) is 0 Å². The maximum Gasteiger partial charge on any atom is 0.127 e. The largest absolute Gasteiger partial charge is 0.491 e. The molecular formula is C13H19NO4. The lowest BCUT2D eigenvalue weighted by atomic mass is 10.1. The summed E-state index contributed by atoms with van der Waals surface area (Å²) in [4.78, 5) is 0. The van der Waals surface area contributed by atoms with Crippen molar-refractivity contribution in [1.29, 1.82) is 0 Å². The van der Waals surface area contributed by atoms with Gasteiger partial charge in [0.15, 0.2) is 0 Å². The van der Waals surface area contributed by atoms with Gasteiger partial charge in [0, 0.05) is 18.7 Å². The minimum Gasteiger partial charge on any atom is -0.491 e. The van der Waals surface area contributed by atoms with Crippen molar-refractivity contribution < 1.29 is 18.9 Å². The summed E-state index contributed by atoms with van der Waals surface area (Å²) < 4.78 is 21.2. The highest BCUT2D eigenvalue weighted by atomic mass is 16.5. The zero-order valence-corrected chi connectivity index (χ0v) is 10.6. The summed E-state index contributed by atoms with van der Waals surface area (Å²) >= 11 is 0. The van der Waals surface area contributed by atoms with Crippen molar-refractivity contribution in [3.8, 4) is 11.5 Å². The molecule has 1 unspecified atom stereocenters. The normalized spacial score (nSPS) is 17.3. The Kier molecular flexibility index (Phi) is 4.81. The van der Waals surface area contributed by atoms with Crippen LogP contribution in [0.5, 0.6) is 11.5 Å². The van der Waals surface area contributed by atoms with Crippen LogP contribution in [0, 0.1) is 0 Å². The van der Waals surface area contributed by atoms with E-state index >= 15 is 0 Å². The van der Waals surface area contributed by atoms with Gasteiger partial charge < -0.3 is 24.7 Å². The summed E-state index contributed by atoms with van der Waals surface area (Å²) in [6.07, 6.45) is 0. The average Bonchev–Trinajstić information content (AvgIpc) is 2.75. The van der Waals surface area contributed by atoms with Crippen LogP contribution in [0.1, 0.15) is 11.6 Å². The third kappa shape index (κ3) is 3.35. The number of hydrogen-bond donors (Lipinski definition) is 1. The van der Waals surface area contributed by atoms with E-state index in [9.17, 15) is 0 Å². The number of ether oxygens (including phenoxy) is 4. The van der Waals surface area contributed by atoms with Crippen LogP contribution in [-0.4, -0.2) is 40.1 Å². The second-order valence-corrected chi connectivity index (χ2v) is 4.07. The molecule has 100 valence electrons. The van der Waals surface area contributed by atoms with Crippen molar-refractivity contribution in [2.75, 3.05) is 40.1 Å². The second-order valence-electron chi connectivity index (χ2n) is 4.07. The molecule has 1 aromatic rings. The Bertz CT molecular complexity index is 383. The first-order valence-corrected chi connectivity index (χ1v) is 6.03. The molecule has 1 aromatic carbocycles. The lowest BCUT2D eigenvalue weighted by molar-refractivity contribution is 0.0544. The molecule has 1 heterocycles. The predicted molar refractivity (Wildman–Crippen MR) is 67.1 cm³/mol. The van der Waals surface area contributed by atoms with Crippen molar-refractivity contribution in [3.63, 3.8) is 0 Å². The number of nitrogens with two attached hydrogens (primary N) is 1. The maximum absolute atomic E-state index is 5.87. The van der Waals surface area contributed by atoms with E-state index in [0.29, 0.717) is 33.0 Å². The molecule has 0 spiro atoms. The third-order valence-corrected chi connectivity index (χ3v) is 2.73. The summed E-state index contributed by atoms with van der Waals surface area (Å²) in [5, 5.41) is 0. The molecule has 2 N–H and O–H groups in total. The van der Waals surface area contributed by atoms with Gasteiger partial charge in [-0.15, -0.1) is 0 Å². The zero-order valence-electron chi connectivity index (χ0n) is 10.6. The molecule has 0 saturated carbocycles. The lowest BCUT2D eigenvalue weighted by Crippen LogP contribution is -2.10. The number of hydrogen-bond acceptors (Lipinski definition) is 5. The first-order valence-electron chi connectivity index (χ1n) is 6.03. The third-order valence-electron chi connectivity index (χ3n) is 2.73. The molecule has 1 aliphatic heterocycles. The molecular weight excluding hydrogens is 234 g/mol. The van der Waals surface area contributed by atoms with E-state index in [4.69, 9.17) is 24.7 Å².